The Kier molecular flexibility index (Phi) is 5.84. The highest BCUT2D eigenvalue weighted by Crippen LogP contribution is 2.22. The topological polar surface area (TPSA) is 35.6 Å². The van der Waals surface area contributed by atoms with Crippen molar-refractivity contribution in [2.75, 3.05) is 44.3 Å². The van der Waals surface area contributed by atoms with E-state index in [9.17, 15) is 4.79 Å². The van der Waals surface area contributed by atoms with Crippen LogP contribution in [0.3, 0.4) is 0 Å². The van der Waals surface area contributed by atoms with E-state index in [1.807, 2.05) is 29.2 Å². The summed E-state index contributed by atoms with van der Waals surface area (Å²) in [7, 11) is 0. The van der Waals surface area contributed by atoms with Crippen LogP contribution in [0.2, 0.25) is 0 Å². The van der Waals surface area contributed by atoms with Gasteiger partial charge in [0, 0.05) is 30.2 Å². The number of benzene rings is 1. The molecule has 1 atom stereocenters. The van der Waals surface area contributed by atoms with Gasteiger partial charge in [-0.05, 0) is 68.8 Å². The van der Waals surface area contributed by atoms with E-state index >= 15 is 0 Å². The first-order valence-corrected chi connectivity index (χ1v) is 9.89. The number of carbonyl (C=O) groups is 1. The monoisotopic (exact) mass is 333 g/mol. The Morgan fingerprint density at radius 1 is 1.17 bits per heavy atom. The summed E-state index contributed by atoms with van der Waals surface area (Å²) in [6, 6.07) is 8.09. The van der Waals surface area contributed by atoms with Gasteiger partial charge >= 0.3 is 6.03 Å². The van der Waals surface area contributed by atoms with Crippen molar-refractivity contribution in [3.63, 3.8) is 0 Å². The second-order valence-electron chi connectivity index (χ2n) is 6.62. The average Bonchev–Trinajstić information content (AvgIpc) is 3.05. The van der Waals surface area contributed by atoms with Crippen molar-refractivity contribution >= 4 is 23.5 Å². The molecule has 126 valence electrons. The van der Waals surface area contributed by atoms with Crippen molar-refractivity contribution in [1.29, 1.82) is 0 Å². The van der Waals surface area contributed by atoms with E-state index in [-0.39, 0.29) is 6.03 Å². The van der Waals surface area contributed by atoms with E-state index in [0.29, 0.717) is 5.92 Å². The number of carbonyl (C=O) groups excluding carboxylic acids is 1. The molecule has 0 aromatic heterocycles. The fraction of sp³-hybridized carbons (Fsp3) is 0.611. The van der Waals surface area contributed by atoms with Gasteiger partial charge in [0.05, 0.1) is 0 Å². The Labute approximate surface area is 143 Å². The second kappa shape index (κ2) is 8.06. The first-order chi connectivity index (χ1) is 11.2. The summed E-state index contributed by atoms with van der Waals surface area (Å²) in [5.74, 6) is 0.637. The third kappa shape index (κ3) is 4.64. The van der Waals surface area contributed by atoms with E-state index in [2.05, 4.69) is 16.5 Å². The van der Waals surface area contributed by atoms with E-state index < -0.39 is 0 Å². The van der Waals surface area contributed by atoms with Crippen LogP contribution in [-0.2, 0) is 0 Å². The number of piperidine rings is 1. The van der Waals surface area contributed by atoms with Crippen LogP contribution in [0.5, 0.6) is 0 Å². The lowest BCUT2D eigenvalue weighted by Gasteiger charge is -2.29. The largest absolute Gasteiger partial charge is 0.324 e. The molecule has 5 heteroatoms. The molecule has 23 heavy (non-hydrogen) atoms. The zero-order chi connectivity index (χ0) is 16.1. The highest BCUT2D eigenvalue weighted by atomic mass is 32.2. The molecular formula is C18H27N3OS. The summed E-state index contributed by atoms with van der Waals surface area (Å²) in [6.07, 6.45) is 7.24. The van der Waals surface area contributed by atoms with Crippen molar-refractivity contribution in [2.24, 2.45) is 5.92 Å². The van der Waals surface area contributed by atoms with E-state index in [0.717, 1.165) is 31.7 Å². The van der Waals surface area contributed by atoms with Gasteiger partial charge in [-0.1, -0.05) is 6.42 Å². The Morgan fingerprint density at radius 3 is 2.61 bits per heavy atom. The van der Waals surface area contributed by atoms with Crippen LogP contribution in [0, 0.1) is 5.92 Å². The number of rotatable bonds is 4. The van der Waals surface area contributed by atoms with Crippen LogP contribution >= 0.6 is 11.8 Å². The molecule has 0 aliphatic carbocycles. The van der Waals surface area contributed by atoms with Crippen molar-refractivity contribution in [1.82, 2.24) is 9.80 Å². The molecule has 2 fully saturated rings. The molecule has 0 unspecified atom stereocenters. The molecule has 0 saturated carbocycles. The molecule has 1 aromatic rings. The summed E-state index contributed by atoms with van der Waals surface area (Å²) in [6.45, 7) is 5.42. The summed E-state index contributed by atoms with van der Waals surface area (Å²) < 4.78 is 0. The van der Waals surface area contributed by atoms with Crippen LogP contribution in [0.15, 0.2) is 29.2 Å². The number of urea groups is 1. The maximum absolute atomic E-state index is 12.4. The number of nitrogens with one attached hydrogen (secondary N) is 1. The van der Waals surface area contributed by atoms with Gasteiger partial charge in [0.2, 0.25) is 0 Å². The summed E-state index contributed by atoms with van der Waals surface area (Å²) in [4.78, 5) is 18.2. The molecular weight excluding hydrogens is 306 g/mol. The molecule has 0 bridgehead atoms. The molecule has 2 aliphatic heterocycles. The fourth-order valence-corrected chi connectivity index (χ4v) is 3.96. The third-order valence-corrected chi connectivity index (χ3v) is 5.62. The van der Waals surface area contributed by atoms with Crippen LogP contribution in [0.1, 0.15) is 25.7 Å². The third-order valence-electron chi connectivity index (χ3n) is 4.88. The van der Waals surface area contributed by atoms with Gasteiger partial charge < -0.3 is 15.1 Å². The normalized spacial score (nSPS) is 22.3. The Balaban J connectivity index is 1.46. The smallest absolute Gasteiger partial charge is 0.321 e. The van der Waals surface area contributed by atoms with Gasteiger partial charge in [0.15, 0.2) is 0 Å². The lowest BCUT2D eigenvalue weighted by molar-refractivity contribution is 0.192. The second-order valence-corrected chi connectivity index (χ2v) is 7.50. The van der Waals surface area contributed by atoms with E-state index in [1.165, 1.54) is 37.2 Å². The minimum atomic E-state index is 0.0445. The van der Waals surface area contributed by atoms with Gasteiger partial charge in [-0.15, -0.1) is 11.8 Å². The number of amides is 2. The van der Waals surface area contributed by atoms with Crippen LogP contribution in [-0.4, -0.2) is 54.8 Å². The van der Waals surface area contributed by atoms with Gasteiger partial charge in [0.1, 0.15) is 0 Å². The predicted octanol–water partition coefficient (Wildman–Crippen LogP) is 3.75. The Bertz CT molecular complexity index is 514. The number of likely N-dealkylation sites (tertiary alicyclic amines) is 2. The van der Waals surface area contributed by atoms with E-state index in [1.54, 1.807) is 11.8 Å². The van der Waals surface area contributed by atoms with Crippen LogP contribution < -0.4 is 5.32 Å². The van der Waals surface area contributed by atoms with Gasteiger partial charge in [0.25, 0.3) is 0 Å². The first-order valence-electron chi connectivity index (χ1n) is 8.67. The zero-order valence-corrected chi connectivity index (χ0v) is 14.8. The quantitative estimate of drug-likeness (QED) is 0.853. The number of anilines is 1. The van der Waals surface area contributed by atoms with Crippen molar-refractivity contribution < 1.29 is 4.79 Å². The highest BCUT2D eigenvalue weighted by Gasteiger charge is 2.28. The first kappa shape index (κ1) is 16.7. The lowest BCUT2D eigenvalue weighted by atomic mass is 10.1. The number of hydrogen-bond acceptors (Lipinski definition) is 3. The lowest BCUT2D eigenvalue weighted by Crippen LogP contribution is -2.37. The number of hydrogen-bond donors (Lipinski definition) is 1. The molecule has 2 saturated heterocycles. The van der Waals surface area contributed by atoms with Gasteiger partial charge in [-0.3, -0.25) is 0 Å². The summed E-state index contributed by atoms with van der Waals surface area (Å²) >= 11 is 1.71. The van der Waals surface area contributed by atoms with E-state index in [4.69, 9.17) is 0 Å². The average molecular weight is 334 g/mol. The fourth-order valence-electron chi connectivity index (χ4n) is 3.55. The molecule has 2 amide bonds. The molecule has 4 nitrogen and oxygen atoms in total. The standard InChI is InChI=1S/C18H27N3OS/c1-23-17-7-5-16(6-8-17)19-18(22)21-12-9-15(14-21)13-20-10-3-2-4-11-20/h5-8,15H,2-4,9-14H2,1H3,(H,19,22)/t15-/m1/s1. The molecule has 2 heterocycles. The van der Waals surface area contributed by atoms with Crippen molar-refractivity contribution in [2.45, 2.75) is 30.6 Å². The molecule has 2 aliphatic rings. The van der Waals surface area contributed by atoms with Gasteiger partial charge in [-0.25, -0.2) is 4.79 Å². The molecule has 3 rings (SSSR count). The minimum Gasteiger partial charge on any atom is -0.324 e. The Hall–Kier alpha value is -1.20. The number of thioether (sulfide) groups is 1. The van der Waals surface area contributed by atoms with Crippen LogP contribution in [0.4, 0.5) is 10.5 Å². The molecule has 1 N–H and O–H groups in total. The molecule has 0 spiro atoms. The molecule has 0 radical (unpaired) electrons. The minimum absolute atomic E-state index is 0.0445. The van der Waals surface area contributed by atoms with Crippen LogP contribution in [0.25, 0.3) is 0 Å². The number of nitrogens with zero attached hydrogens (tertiary/aromatic N) is 2. The van der Waals surface area contributed by atoms with Crippen molar-refractivity contribution in [3.05, 3.63) is 24.3 Å². The molecule has 1 aromatic carbocycles. The zero-order valence-electron chi connectivity index (χ0n) is 14.0. The summed E-state index contributed by atoms with van der Waals surface area (Å²) in [5.41, 5.74) is 0.882. The highest BCUT2D eigenvalue weighted by molar-refractivity contribution is 7.98. The maximum Gasteiger partial charge on any atom is 0.321 e. The van der Waals surface area contributed by atoms with Gasteiger partial charge in [-0.2, -0.15) is 0 Å². The van der Waals surface area contributed by atoms with Crippen molar-refractivity contribution in [3.8, 4) is 0 Å². The SMILES string of the molecule is CSc1ccc(NC(=O)N2CC[C@H](CN3CCCCC3)C2)cc1. The Morgan fingerprint density at radius 2 is 1.91 bits per heavy atom. The maximum atomic E-state index is 12.4. The predicted molar refractivity (Wildman–Crippen MR) is 97.2 cm³/mol. The summed E-state index contributed by atoms with van der Waals surface area (Å²) in [5, 5.41) is 3.02.